The molecule has 0 bridgehead atoms. The molecule has 0 aromatic heterocycles. The first-order chi connectivity index (χ1) is 12.8. The number of hydrogen-bond donors (Lipinski definition) is 2. The van der Waals surface area contributed by atoms with E-state index in [2.05, 4.69) is 47.9 Å². The topological polar surface area (TPSA) is 81.1 Å². The lowest BCUT2D eigenvalue weighted by Gasteiger charge is -2.41. The maximum Gasteiger partial charge on any atom is 0.414 e. The van der Waals surface area contributed by atoms with Gasteiger partial charge in [0.1, 0.15) is 0 Å². The summed E-state index contributed by atoms with van der Waals surface area (Å²) in [5.74, 6) is -2.70. The number of hydrogen-bond acceptors (Lipinski definition) is 4. The fourth-order valence-corrected chi connectivity index (χ4v) is 3.79. The fraction of sp³-hybridized carbons (Fsp3) is 0.619. The van der Waals surface area contributed by atoms with Gasteiger partial charge in [-0.3, -0.25) is 4.90 Å². The molecule has 2 N–H and O–H groups in total. The summed E-state index contributed by atoms with van der Waals surface area (Å²) in [5, 5.41) is 14.8. The number of piperidine rings is 2. The Bertz CT molecular complexity index is 589. The van der Waals surface area contributed by atoms with Gasteiger partial charge in [0.05, 0.1) is 0 Å². The monoisotopic (exact) mass is 376 g/mol. The highest BCUT2D eigenvalue weighted by atomic mass is 16.4. The lowest BCUT2D eigenvalue weighted by Crippen LogP contribution is -2.47. The number of aliphatic carboxylic acids is 2. The standard InChI is InChI=1S/C19H30N2.C2H2O4/c1-16-3-5-18(6-4-16)15-20-11-9-19(10-12-20)21-13-7-17(2)8-14-21;3-1(4)2(5)6/h3-6,17,19H,7-15H2,1-2H3;(H,3,4)(H,5,6). The van der Waals surface area contributed by atoms with Crippen LogP contribution in [0.25, 0.3) is 0 Å². The molecule has 0 unspecified atom stereocenters. The van der Waals surface area contributed by atoms with Crippen LogP contribution in [0.1, 0.15) is 43.7 Å². The molecule has 0 radical (unpaired) electrons. The highest BCUT2D eigenvalue weighted by molar-refractivity contribution is 6.27. The summed E-state index contributed by atoms with van der Waals surface area (Å²) in [6.45, 7) is 10.9. The van der Waals surface area contributed by atoms with Crippen LogP contribution in [0.5, 0.6) is 0 Å². The van der Waals surface area contributed by atoms with Crippen molar-refractivity contribution in [3.63, 3.8) is 0 Å². The van der Waals surface area contributed by atoms with E-state index in [1.54, 1.807) is 0 Å². The van der Waals surface area contributed by atoms with Gasteiger partial charge < -0.3 is 15.1 Å². The van der Waals surface area contributed by atoms with Gasteiger partial charge >= 0.3 is 11.9 Å². The van der Waals surface area contributed by atoms with Crippen molar-refractivity contribution in [3.05, 3.63) is 35.4 Å². The van der Waals surface area contributed by atoms with Crippen molar-refractivity contribution >= 4 is 11.9 Å². The number of carbonyl (C=O) groups is 2. The summed E-state index contributed by atoms with van der Waals surface area (Å²) in [7, 11) is 0. The summed E-state index contributed by atoms with van der Waals surface area (Å²) in [4.78, 5) is 23.6. The number of carboxylic acid groups (broad SMARTS) is 2. The van der Waals surface area contributed by atoms with Crippen LogP contribution in [0, 0.1) is 12.8 Å². The number of likely N-dealkylation sites (tertiary alicyclic amines) is 2. The maximum atomic E-state index is 9.10. The van der Waals surface area contributed by atoms with Gasteiger partial charge in [-0.1, -0.05) is 36.8 Å². The highest BCUT2D eigenvalue weighted by Crippen LogP contribution is 2.24. The third-order valence-electron chi connectivity index (χ3n) is 5.60. The Morgan fingerprint density at radius 1 is 0.926 bits per heavy atom. The van der Waals surface area contributed by atoms with Crippen LogP contribution in [-0.2, 0) is 16.1 Å². The molecule has 150 valence electrons. The molecule has 3 rings (SSSR count). The first-order valence-electron chi connectivity index (χ1n) is 9.83. The number of rotatable bonds is 3. The minimum absolute atomic E-state index is 0.853. The fourth-order valence-electron chi connectivity index (χ4n) is 3.79. The number of carboxylic acids is 2. The second-order valence-electron chi connectivity index (χ2n) is 7.82. The quantitative estimate of drug-likeness (QED) is 0.790. The third kappa shape index (κ3) is 7.31. The molecule has 2 aliphatic rings. The average molecular weight is 376 g/mol. The van der Waals surface area contributed by atoms with E-state index in [4.69, 9.17) is 19.8 Å². The van der Waals surface area contributed by atoms with Crippen molar-refractivity contribution in [1.29, 1.82) is 0 Å². The second-order valence-corrected chi connectivity index (χ2v) is 7.82. The molecule has 0 spiro atoms. The maximum absolute atomic E-state index is 9.10. The van der Waals surface area contributed by atoms with E-state index in [0.29, 0.717) is 0 Å². The van der Waals surface area contributed by atoms with Gasteiger partial charge in [0, 0.05) is 12.6 Å². The Morgan fingerprint density at radius 2 is 1.44 bits per heavy atom. The first kappa shape index (κ1) is 21.4. The Balaban J connectivity index is 0.000000380. The molecule has 6 heteroatoms. The Kier molecular flexibility index (Phi) is 8.25. The second kappa shape index (κ2) is 10.4. The molecule has 2 fully saturated rings. The van der Waals surface area contributed by atoms with Gasteiger partial charge in [-0.25, -0.2) is 9.59 Å². The summed E-state index contributed by atoms with van der Waals surface area (Å²) >= 11 is 0. The minimum atomic E-state index is -1.82. The summed E-state index contributed by atoms with van der Waals surface area (Å²) in [6.07, 6.45) is 5.54. The van der Waals surface area contributed by atoms with Crippen molar-refractivity contribution in [3.8, 4) is 0 Å². The zero-order chi connectivity index (χ0) is 19.8. The molecule has 6 nitrogen and oxygen atoms in total. The van der Waals surface area contributed by atoms with Crippen molar-refractivity contribution in [2.24, 2.45) is 5.92 Å². The first-order valence-corrected chi connectivity index (χ1v) is 9.83. The van der Waals surface area contributed by atoms with E-state index in [1.807, 2.05) is 0 Å². The molecule has 0 amide bonds. The Hall–Kier alpha value is -1.92. The van der Waals surface area contributed by atoms with E-state index in [9.17, 15) is 0 Å². The predicted octanol–water partition coefficient (Wildman–Crippen LogP) is 2.85. The van der Waals surface area contributed by atoms with Gasteiger partial charge in [-0.15, -0.1) is 0 Å². The van der Waals surface area contributed by atoms with Crippen LogP contribution in [0.2, 0.25) is 0 Å². The molecule has 2 saturated heterocycles. The van der Waals surface area contributed by atoms with Crippen molar-refractivity contribution in [2.45, 2.75) is 52.1 Å². The van der Waals surface area contributed by atoms with Gasteiger partial charge in [0.15, 0.2) is 0 Å². The Morgan fingerprint density at radius 3 is 1.93 bits per heavy atom. The average Bonchev–Trinajstić information content (AvgIpc) is 2.65. The zero-order valence-electron chi connectivity index (χ0n) is 16.4. The third-order valence-corrected chi connectivity index (χ3v) is 5.60. The van der Waals surface area contributed by atoms with Gasteiger partial charge in [0.2, 0.25) is 0 Å². The molecular weight excluding hydrogens is 344 g/mol. The minimum Gasteiger partial charge on any atom is -0.473 e. The molecule has 0 atom stereocenters. The SMILES string of the molecule is Cc1ccc(CN2CCC(N3CCC(C)CC3)CC2)cc1.O=C(O)C(=O)O. The molecule has 1 aromatic carbocycles. The van der Waals surface area contributed by atoms with Crippen LogP contribution >= 0.6 is 0 Å². The Labute approximate surface area is 161 Å². The molecule has 0 aliphatic carbocycles. The van der Waals surface area contributed by atoms with E-state index in [1.165, 1.54) is 63.0 Å². The molecular formula is C21H32N2O4. The zero-order valence-corrected chi connectivity index (χ0v) is 16.4. The normalized spacial score (nSPS) is 19.9. The number of nitrogens with zero attached hydrogens (tertiary/aromatic N) is 2. The van der Waals surface area contributed by atoms with Crippen LogP contribution < -0.4 is 0 Å². The van der Waals surface area contributed by atoms with Gasteiger partial charge in [-0.2, -0.15) is 0 Å². The molecule has 0 saturated carbocycles. The van der Waals surface area contributed by atoms with Gasteiger partial charge in [-0.05, 0) is 70.3 Å². The molecule has 27 heavy (non-hydrogen) atoms. The molecule has 1 aromatic rings. The van der Waals surface area contributed by atoms with Crippen LogP contribution in [0.15, 0.2) is 24.3 Å². The molecule has 2 aliphatic heterocycles. The summed E-state index contributed by atoms with van der Waals surface area (Å²) in [6, 6.07) is 9.89. The lowest BCUT2D eigenvalue weighted by atomic mass is 9.95. The van der Waals surface area contributed by atoms with Crippen molar-refractivity contribution in [2.75, 3.05) is 26.2 Å². The van der Waals surface area contributed by atoms with E-state index >= 15 is 0 Å². The van der Waals surface area contributed by atoms with Crippen LogP contribution in [0.4, 0.5) is 0 Å². The van der Waals surface area contributed by atoms with Crippen molar-refractivity contribution < 1.29 is 19.8 Å². The number of aryl methyl sites for hydroxylation is 1. The highest BCUT2D eigenvalue weighted by Gasteiger charge is 2.26. The molecule has 2 heterocycles. The van der Waals surface area contributed by atoms with Crippen molar-refractivity contribution in [1.82, 2.24) is 9.80 Å². The van der Waals surface area contributed by atoms with E-state index < -0.39 is 11.9 Å². The largest absolute Gasteiger partial charge is 0.473 e. The lowest BCUT2D eigenvalue weighted by molar-refractivity contribution is -0.159. The summed E-state index contributed by atoms with van der Waals surface area (Å²) in [5.41, 5.74) is 2.82. The van der Waals surface area contributed by atoms with Gasteiger partial charge in [0.25, 0.3) is 0 Å². The summed E-state index contributed by atoms with van der Waals surface area (Å²) < 4.78 is 0. The number of benzene rings is 1. The predicted molar refractivity (Wildman–Crippen MR) is 105 cm³/mol. The van der Waals surface area contributed by atoms with E-state index in [-0.39, 0.29) is 0 Å². The smallest absolute Gasteiger partial charge is 0.414 e. The van der Waals surface area contributed by atoms with Crippen LogP contribution in [0.3, 0.4) is 0 Å². The van der Waals surface area contributed by atoms with E-state index in [0.717, 1.165) is 18.5 Å². The van der Waals surface area contributed by atoms with Crippen LogP contribution in [-0.4, -0.2) is 64.2 Å².